The number of hydrogen-bond donors (Lipinski definition) is 2. The quantitative estimate of drug-likeness (QED) is 0.900. The van der Waals surface area contributed by atoms with Gasteiger partial charge in [-0.3, -0.25) is 0 Å². The maximum absolute atomic E-state index is 13.1. The smallest absolute Gasteiger partial charge is 0.165 e. The van der Waals surface area contributed by atoms with Crippen molar-refractivity contribution in [3.63, 3.8) is 0 Å². The summed E-state index contributed by atoms with van der Waals surface area (Å²) < 4.78 is 14.1. The zero-order chi connectivity index (χ0) is 12.3. The van der Waals surface area contributed by atoms with Gasteiger partial charge in [-0.2, -0.15) is 0 Å². The Kier molecular flexibility index (Phi) is 3.64. The molecule has 0 bridgehead atoms. The molecule has 0 spiro atoms. The van der Waals surface area contributed by atoms with Gasteiger partial charge in [-0.1, -0.05) is 18.2 Å². The van der Waals surface area contributed by atoms with Crippen LogP contribution >= 0.6 is 15.9 Å². The average Bonchev–Trinajstić information content (AvgIpc) is 2.32. The number of halogens is 2. The third-order valence-electron chi connectivity index (χ3n) is 2.37. The molecule has 0 aliphatic heterocycles. The van der Waals surface area contributed by atoms with E-state index in [4.69, 9.17) is 5.11 Å². The Hall–Kier alpha value is -1.55. The van der Waals surface area contributed by atoms with Crippen LogP contribution in [0.2, 0.25) is 0 Å². The molecule has 0 fully saturated rings. The van der Waals surface area contributed by atoms with Crippen molar-refractivity contribution in [2.24, 2.45) is 0 Å². The van der Waals surface area contributed by atoms with E-state index in [1.807, 2.05) is 24.3 Å². The van der Waals surface area contributed by atoms with Crippen LogP contribution in [0, 0.1) is 5.82 Å². The molecule has 2 aromatic carbocycles. The number of para-hydroxylation sites is 1. The van der Waals surface area contributed by atoms with Gasteiger partial charge in [-0.05, 0) is 45.8 Å². The Labute approximate surface area is 107 Å². The number of hydrogen-bond acceptors (Lipinski definition) is 2. The highest BCUT2D eigenvalue weighted by atomic mass is 79.9. The molecule has 0 radical (unpaired) electrons. The molecule has 0 amide bonds. The van der Waals surface area contributed by atoms with E-state index < -0.39 is 5.82 Å². The van der Waals surface area contributed by atoms with E-state index in [-0.39, 0.29) is 5.75 Å². The normalized spacial score (nSPS) is 10.2. The summed E-state index contributed by atoms with van der Waals surface area (Å²) in [6, 6.07) is 12.1. The first-order chi connectivity index (χ1) is 8.16. The van der Waals surface area contributed by atoms with Crippen LogP contribution in [0.15, 0.2) is 46.9 Å². The van der Waals surface area contributed by atoms with Gasteiger partial charge in [0, 0.05) is 16.7 Å². The molecule has 0 aliphatic rings. The topological polar surface area (TPSA) is 32.3 Å². The van der Waals surface area contributed by atoms with Crippen LogP contribution in [0.3, 0.4) is 0 Å². The van der Waals surface area contributed by atoms with Crippen molar-refractivity contribution in [1.82, 2.24) is 0 Å². The second kappa shape index (κ2) is 5.19. The number of anilines is 1. The highest BCUT2D eigenvalue weighted by Crippen LogP contribution is 2.22. The minimum atomic E-state index is -0.601. The summed E-state index contributed by atoms with van der Waals surface area (Å²) in [7, 11) is 0. The Morgan fingerprint density at radius 1 is 1.18 bits per heavy atom. The fraction of sp³-hybridized carbons (Fsp3) is 0.0769. The first-order valence-electron chi connectivity index (χ1n) is 5.12. The molecule has 0 unspecified atom stereocenters. The monoisotopic (exact) mass is 295 g/mol. The zero-order valence-corrected chi connectivity index (χ0v) is 10.5. The van der Waals surface area contributed by atoms with Crippen molar-refractivity contribution in [3.8, 4) is 5.75 Å². The van der Waals surface area contributed by atoms with E-state index in [0.29, 0.717) is 6.54 Å². The molecule has 17 heavy (non-hydrogen) atoms. The Morgan fingerprint density at radius 2 is 1.94 bits per heavy atom. The minimum absolute atomic E-state index is 0.324. The summed E-state index contributed by atoms with van der Waals surface area (Å²) in [5.74, 6) is -0.925. The molecule has 4 heteroatoms. The lowest BCUT2D eigenvalue weighted by molar-refractivity contribution is 0.432. The van der Waals surface area contributed by atoms with Crippen LogP contribution in [-0.2, 0) is 6.54 Å². The lowest BCUT2D eigenvalue weighted by Gasteiger charge is -2.08. The van der Waals surface area contributed by atoms with Gasteiger partial charge in [0.05, 0.1) is 0 Å². The van der Waals surface area contributed by atoms with Gasteiger partial charge in [0.1, 0.15) is 0 Å². The molecule has 0 heterocycles. The van der Waals surface area contributed by atoms with Gasteiger partial charge < -0.3 is 10.4 Å². The molecule has 2 rings (SSSR count). The molecule has 0 atom stereocenters. The number of benzene rings is 2. The first-order valence-corrected chi connectivity index (χ1v) is 5.92. The number of phenols is 1. The van der Waals surface area contributed by atoms with Crippen LogP contribution in [0.1, 0.15) is 5.56 Å². The Morgan fingerprint density at radius 3 is 2.65 bits per heavy atom. The molecule has 2 aromatic rings. The lowest BCUT2D eigenvalue weighted by Crippen LogP contribution is -2.00. The van der Waals surface area contributed by atoms with Crippen molar-refractivity contribution in [2.75, 3.05) is 5.32 Å². The molecule has 2 N–H and O–H groups in total. The summed E-state index contributed by atoms with van der Waals surface area (Å²) in [6.07, 6.45) is 0. The van der Waals surface area contributed by atoms with E-state index in [9.17, 15) is 4.39 Å². The van der Waals surface area contributed by atoms with Crippen molar-refractivity contribution >= 4 is 21.6 Å². The average molecular weight is 296 g/mol. The fourth-order valence-electron chi connectivity index (χ4n) is 1.46. The highest BCUT2D eigenvalue weighted by Gasteiger charge is 2.02. The van der Waals surface area contributed by atoms with Crippen LogP contribution in [0.5, 0.6) is 5.75 Å². The van der Waals surface area contributed by atoms with Crippen molar-refractivity contribution in [1.29, 1.82) is 0 Å². The molecule has 0 saturated carbocycles. The number of phenolic OH excluding ortho intramolecular Hbond substituents is 1. The molecule has 2 nitrogen and oxygen atoms in total. The predicted octanol–water partition coefficient (Wildman–Crippen LogP) is 3.91. The number of aromatic hydroxyl groups is 1. The third kappa shape index (κ3) is 2.97. The van der Waals surface area contributed by atoms with Crippen molar-refractivity contribution < 1.29 is 9.50 Å². The summed E-state index contributed by atoms with van der Waals surface area (Å²) in [6.45, 7) is 0.500. The second-order valence-corrected chi connectivity index (χ2v) is 4.47. The number of nitrogens with one attached hydrogen (secondary N) is 1. The SMILES string of the molecule is Oc1ccc(CNc2ccccc2Br)cc1F. The van der Waals surface area contributed by atoms with Gasteiger partial charge in [0.2, 0.25) is 0 Å². The molecule has 0 aliphatic carbocycles. The fourth-order valence-corrected chi connectivity index (χ4v) is 1.89. The van der Waals surface area contributed by atoms with E-state index in [1.54, 1.807) is 6.07 Å². The summed E-state index contributed by atoms with van der Waals surface area (Å²) in [5, 5.41) is 12.3. The molecule has 88 valence electrons. The standard InChI is InChI=1S/C13H11BrFNO/c14-10-3-1-2-4-12(10)16-8-9-5-6-13(17)11(15)7-9/h1-7,16-17H,8H2. The van der Waals surface area contributed by atoms with Gasteiger partial charge >= 0.3 is 0 Å². The van der Waals surface area contributed by atoms with Crippen molar-refractivity contribution in [2.45, 2.75) is 6.54 Å². The van der Waals surface area contributed by atoms with Crippen molar-refractivity contribution in [3.05, 3.63) is 58.3 Å². The highest BCUT2D eigenvalue weighted by molar-refractivity contribution is 9.10. The van der Waals surface area contributed by atoms with E-state index in [2.05, 4.69) is 21.2 Å². The van der Waals surface area contributed by atoms with Gasteiger partial charge in [0.15, 0.2) is 11.6 Å². The van der Waals surface area contributed by atoms with Crippen LogP contribution in [-0.4, -0.2) is 5.11 Å². The molecule has 0 aromatic heterocycles. The molecule has 0 saturated heterocycles. The van der Waals surface area contributed by atoms with E-state index in [1.165, 1.54) is 12.1 Å². The largest absolute Gasteiger partial charge is 0.505 e. The summed E-state index contributed by atoms with van der Waals surface area (Å²) in [5.41, 5.74) is 1.72. The van der Waals surface area contributed by atoms with E-state index in [0.717, 1.165) is 15.7 Å². The molecular weight excluding hydrogens is 285 g/mol. The van der Waals surface area contributed by atoms with Crippen LogP contribution in [0.25, 0.3) is 0 Å². The van der Waals surface area contributed by atoms with E-state index >= 15 is 0 Å². The predicted molar refractivity (Wildman–Crippen MR) is 69.5 cm³/mol. The second-order valence-electron chi connectivity index (χ2n) is 3.62. The van der Waals surface area contributed by atoms with Gasteiger partial charge in [-0.15, -0.1) is 0 Å². The first kappa shape index (κ1) is 11.9. The maximum atomic E-state index is 13.1. The van der Waals surface area contributed by atoms with Crippen LogP contribution < -0.4 is 5.32 Å². The molecular formula is C13H11BrFNO. The Balaban J connectivity index is 2.08. The Bertz CT molecular complexity index is 531. The third-order valence-corrected chi connectivity index (χ3v) is 3.06. The summed E-state index contributed by atoms with van der Waals surface area (Å²) >= 11 is 3.42. The van der Waals surface area contributed by atoms with Gasteiger partial charge in [0.25, 0.3) is 0 Å². The number of rotatable bonds is 3. The summed E-state index contributed by atoms with van der Waals surface area (Å²) in [4.78, 5) is 0. The minimum Gasteiger partial charge on any atom is -0.505 e. The van der Waals surface area contributed by atoms with Gasteiger partial charge in [-0.25, -0.2) is 4.39 Å². The lowest BCUT2D eigenvalue weighted by atomic mass is 10.2. The maximum Gasteiger partial charge on any atom is 0.165 e. The van der Waals surface area contributed by atoms with Crippen LogP contribution in [0.4, 0.5) is 10.1 Å². The zero-order valence-electron chi connectivity index (χ0n) is 8.95.